The number of carbonyl (C=O) groups is 1. The van der Waals surface area contributed by atoms with Crippen LogP contribution in [0, 0.1) is 10.1 Å². The Balaban J connectivity index is 1.58. The minimum atomic E-state index is -0.416. The first kappa shape index (κ1) is 19.2. The number of nitrogens with one attached hydrogen (secondary N) is 2. The highest BCUT2D eigenvalue weighted by atomic mass is 16.6. The molecule has 1 aromatic carbocycles. The van der Waals surface area contributed by atoms with Crippen molar-refractivity contribution in [1.82, 2.24) is 10.2 Å². The SMILES string of the molecule is CCCN1CCC(NC(=O)CCCNc2ccc([N+](=O)[O-])cc2)CC1. The Hall–Kier alpha value is -2.15. The first-order valence-corrected chi connectivity index (χ1v) is 9.08. The summed E-state index contributed by atoms with van der Waals surface area (Å²) in [7, 11) is 0. The molecule has 1 aliphatic heterocycles. The number of nitro benzene ring substituents is 1. The van der Waals surface area contributed by atoms with Gasteiger partial charge in [0.2, 0.25) is 5.91 Å². The number of hydrogen-bond acceptors (Lipinski definition) is 5. The number of piperidine rings is 1. The van der Waals surface area contributed by atoms with Crippen molar-refractivity contribution in [2.75, 3.05) is 31.5 Å². The number of likely N-dealkylation sites (tertiary alicyclic amines) is 1. The molecule has 1 fully saturated rings. The second-order valence-electron chi connectivity index (χ2n) is 6.52. The van der Waals surface area contributed by atoms with Crippen LogP contribution in [0.3, 0.4) is 0 Å². The molecule has 0 saturated carbocycles. The summed E-state index contributed by atoms with van der Waals surface area (Å²) in [6.45, 7) is 6.15. The third-order valence-corrected chi connectivity index (χ3v) is 4.48. The largest absolute Gasteiger partial charge is 0.385 e. The van der Waals surface area contributed by atoms with Crippen LogP contribution < -0.4 is 10.6 Å². The van der Waals surface area contributed by atoms with Crippen molar-refractivity contribution in [1.29, 1.82) is 0 Å². The maximum Gasteiger partial charge on any atom is 0.269 e. The number of hydrogen-bond donors (Lipinski definition) is 2. The summed E-state index contributed by atoms with van der Waals surface area (Å²) in [5, 5.41) is 16.9. The first-order valence-electron chi connectivity index (χ1n) is 9.08. The molecule has 2 N–H and O–H groups in total. The van der Waals surface area contributed by atoms with E-state index in [0.717, 1.165) is 44.6 Å². The van der Waals surface area contributed by atoms with Crippen LogP contribution in [-0.4, -0.2) is 48.0 Å². The molecule has 7 nitrogen and oxygen atoms in total. The lowest BCUT2D eigenvalue weighted by Crippen LogP contribution is -2.44. The maximum absolute atomic E-state index is 12.0. The molecule has 1 saturated heterocycles. The van der Waals surface area contributed by atoms with Crippen LogP contribution in [0.2, 0.25) is 0 Å². The number of nitrogens with zero attached hydrogens (tertiary/aromatic N) is 2. The summed E-state index contributed by atoms with van der Waals surface area (Å²) in [5.74, 6) is 0.111. The van der Waals surface area contributed by atoms with Crippen molar-refractivity contribution in [3.8, 4) is 0 Å². The number of non-ortho nitro benzene ring substituents is 1. The van der Waals surface area contributed by atoms with E-state index in [4.69, 9.17) is 0 Å². The lowest BCUT2D eigenvalue weighted by atomic mass is 10.0. The van der Waals surface area contributed by atoms with Gasteiger partial charge in [-0.1, -0.05) is 6.92 Å². The first-order chi connectivity index (χ1) is 12.1. The minimum Gasteiger partial charge on any atom is -0.385 e. The Labute approximate surface area is 148 Å². The molecule has 7 heteroatoms. The van der Waals surface area contributed by atoms with E-state index >= 15 is 0 Å². The van der Waals surface area contributed by atoms with Crippen molar-refractivity contribution in [3.05, 3.63) is 34.4 Å². The van der Waals surface area contributed by atoms with Crippen LogP contribution in [0.1, 0.15) is 39.0 Å². The van der Waals surface area contributed by atoms with Gasteiger partial charge < -0.3 is 15.5 Å². The van der Waals surface area contributed by atoms with Crippen molar-refractivity contribution >= 4 is 17.3 Å². The summed E-state index contributed by atoms with van der Waals surface area (Å²) in [6.07, 6.45) is 4.48. The van der Waals surface area contributed by atoms with E-state index in [-0.39, 0.29) is 11.6 Å². The molecule has 0 atom stereocenters. The maximum atomic E-state index is 12.0. The van der Waals surface area contributed by atoms with Crippen LogP contribution in [0.25, 0.3) is 0 Å². The number of carbonyl (C=O) groups excluding carboxylic acids is 1. The molecule has 1 aliphatic rings. The van der Waals surface area contributed by atoms with Crippen molar-refractivity contribution in [2.45, 2.75) is 45.1 Å². The molecule has 1 amide bonds. The smallest absolute Gasteiger partial charge is 0.269 e. The van der Waals surface area contributed by atoms with Gasteiger partial charge in [-0.05, 0) is 44.4 Å². The van der Waals surface area contributed by atoms with Gasteiger partial charge in [0.25, 0.3) is 5.69 Å². The van der Waals surface area contributed by atoms with Crippen LogP contribution >= 0.6 is 0 Å². The normalized spacial score (nSPS) is 15.7. The molecule has 0 unspecified atom stereocenters. The second-order valence-corrected chi connectivity index (χ2v) is 6.52. The molecule has 25 heavy (non-hydrogen) atoms. The van der Waals surface area contributed by atoms with Crippen LogP contribution in [0.4, 0.5) is 11.4 Å². The predicted octanol–water partition coefficient (Wildman–Crippen LogP) is 2.78. The van der Waals surface area contributed by atoms with Gasteiger partial charge in [0.15, 0.2) is 0 Å². The number of amides is 1. The molecule has 0 spiro atoms. The van der Waals surface area contributed by atoms with E-state index in [0.29, 0.717) is 19.0 Å². The minimum absolute atomic E-state index is 0.0786. The number of anilines is 1. The molecule has 0 aliphatic carbocycles. The zero-order chi connectivity index (χ0) is 18.1. The van der Waals surface area contributed by atoms with E-state index in [1.807, 2.05) is 0 Å². The third-order valence-electron chi connectivity index (χ3n) is 4.48. The van der Waals surface area contributed by atoms with Crippen LogP contribution in [0.5, 0.6) is 0 Å². The van der Waals surface area contributed by atoms with Gasteiger partial charge in [-0.3, -0.25) is 14.9 Å². The molecule has 2 rings (SSSR count). The van der Waals surface area contributed by atoms with Gasteiger partial charge in [-0.2, -0.15) is 0 Å². The fourth-order valence-electron chi connectivity index (χ4n) is 3.10. The van der Waals surface area contributed by atoms with E-state index in [1.165, 1.54) is 18.6 Å². The quantitative estimate of drug-likeness (QED) is 0.407. The van der Waals surface area contributed by atoms with Gasteiger partial charge in [-0.25, -0.2) is 0 Å². The van der Waals surface area contributed by atoms with Gasteiger partial charge >= 0.3 is 0 Å². The van der Waals surface area contributed by atoms with Gasteiger partial charge in [-0.15, -0.1) is 0 Å². The molecule has 0 aromatic heterocycles. The zero-order valence-corrected chi connectivity index (χ0v) is 14.9. The van der Waals surface area contributed by atoms with Crippen LogP contribution in [-0.2, 0) is 4.79 Å². The lowest BCUT2D eigenvalue weighted by molar-refractivity contribution is -0.384. The Morgan fingerprint density at radius 2 is 1.96 bits per heavy atom. The molecule has 0 radical (unpaired) electrons. The zero-order valence-electron chi connectivity index (χ0n) is 14.9. The Kier molecular flexibility index (Phi) is 7.66. The highest BCUT2D eigenvalue weighted by molar-refractivity contribution is 5.76. The van der Waals surface area contributed by atoms with Crippen molar-refractivity contribution < 1.29 is 9.72 Å². The average molecular weight is 348 g/mol. The molecule has 0 bridgehead atoms. The van der Waals surface area contributed by atoms with Gasteiger partial charge in [0.05, 0.1) is 4.92 Å². The summed E-state index contributed by atoms with van der Waals surface area (Å²) in [5.41, 5.74) is 0.907. The third kappa shape index (κ3) is 6.70. The summed E-state index contributed by atoms with van der Waals surface area (Å²) < 4.78 is 0. The topological polar surface area (TPSA) is 87.5 Å². The molecular formula is C18H28N4O3. The van der Waals surface area contributed by atoms with E-state index in [1.54, 1.807) is 12.1 Å². The molecular weight excluding hydrogens is 320 g/mol. The second kappa shape index (κ2) is 9.98. The standard InChI is InChI=1S/C18H28N4O3/c1-2-12-21-13-9-16(10-14-21)20-18(23)4-3-11-19-15-5-7-17(8-6-15)22(24)25/h5-8,16,19H,2-4,9-14H2,1H3,(H,20,23). The van der Waals surface area contributed by atoms with Crippen molar-refractivity contribution in [2.24, 2.45) is 0 Å². The van der Waals surface area contributed by atoms with E-state index in [2.05, 4.69) is 22.5 Å². The highest BCUT2D eigenvalue weighted by Gasteiger charge is 2.19. The monoisotopic (exact) mass is 348 g/mol. The Morgan fingerprint density at radius 1 is 1.28 bits per heavy atom. The average Bonchev–Trinajstić information content (AvgIpc) is 2.61. The number of benzene rings is 1. The van der Waals surface area contributed by atoms with E-state index in [9.17, 15) is 14.9 Å². The Morgan fingerprint density at radius 3 is 2.56 bits per heavy atom. The molecule has 1 aromatic rings. The summed E-state index contributed by atoms with van der Waals surface area (Å²) >= 11 is 0. The molecule has 138 valence electrons. The number of nitro groups is 1. The summed E-state index contributed by atoms with van der Waals surface area (Å²) in [4.78, 5) is 24.7. The fraction of sp³-hybridized carbons (Fsp3) is 0.611. The Bertz CT molecular complexity index is 554. The van der Waals surface area contributed by atoms with E-state index < -0.39 is 4.92 Å². The van der Waals surface area contributed by atoms with Gasteiger partial charge in [0, 0.05) is 49.9 Å². The highest BCUT2D eigenvalue weighted by Crippen LogP contribution is 2.15. The fourth-order valence-corrected chi connectivity index (χ4v) is 3.10. The number of rotatable bonds is 9. The van der Waals surface area contributed by atoms with Crippen molar-refractivity contribution in [3.63, 3.8) is 0 Å². The van der Waals surface area contributed by atoms with Gasteiger partial charge in [0.1, 0.15) is 0 Å². The molecule has 1 heterocycles. The summed E-state index contributed by atoms with van der Waals surface area (Å²) in [6, 6.07) is 6.62. The van der Waals surface area contributed by atoms with Crippen LogP contribution in [0.15, 0.2) is 24.3 Å². The predicted molar refractivity (Wildman–Crippen MR) is 98.7 cm³/mol. The lowest BCUT2D eigenvalue weighted by Gasteiger charge is -2.32.